The summed E-state index contributed by atoms with van der Waals surface area (Å²) in [4.78, 5) is 2.03. The summed E-state index contributed by atoms with van der Waals surface area (Å²) in [6.07, 6.45) is 2.99. The van der Waals surface area contributed by atoms with E-state index in [0.717, 1.165) is 39.0 Å². The molecule has 0 saturated carbocycles. The predicted molar refractivity (Wildman–Crippen MR) is 52.7 cm³/mol. The maximum Gasteiger partial charge on any atom is 0.0669 e. The maximum absolute atomic E-state index is 9.69. The van der Waals surface area contributed by atoms with Crippen LogP contribution >= 0.6 is 0 Å². The molecule has 0 amide bonds. The topological polar surface area (TPSA) is 32.7 Å². The van der Waals surface area contributed by atoms with Crippen LogP contribution in [0, 0.1) is 5.92 Å². The largest absolute Gasteiger partial charge is 0.392 e. The predicted octanol–water partition coefficient (Wildman–Crippen LogP) is 0.726. The third-order valence-electron chi connectivity index (χ3n) is 2.52. The molecule has 1 rings (SSSR count). The minimum atomic E-state index is -0.168. The molecule has 0 spiro atoms. The van der Waals surface area contributed by atoms with Crippen LogP contribution in [0.5, 0.6) is 0 Å². The van der Waals surface area contributed by atoms with Crippen LogP contribution in [0.2, 0.25) is 0 Å². The molecule has 1 atom stereocenters. The second-order valence-electron chi connectivity index (χ2n) is 4.21. The monoisotopic (exact) mass is 187 g/mol. The van der Waals surface area contributed by atoms with Crippen LogP contribution in [0.25, 0.3) is 0 Å². The SMILES string of the molecule is CN(C)CC(O)CC1CCOCC1. The molecule has 0 aliphatic carbocycles. The molecule has 0 radical (unpaired) electrons. The summed E-state index contributed by atoms with van der Waals surface area (Å²) in [6, 6.07) is 0. The average Bonchev–Trinajstić information content (AvgIpc) is 2.04. The zero-order valence-corrected chi connectivity index (χ0v) is 8.70. The molecule has 0 aromatic heterocycles. The Hall–Kier alpha value is -0.120. The van der Waals surface area contributed by atoms with Gasteiger partial charge in [-0.1, -0.05) is 0 Å². The van der Waals surface area contributed by atoms with E-state index in [1.165, 1.54) is 0 Å². The molecule has 1 aliphatic rings. The summed E-state index contributed by atoms with van der Waals surface area (Å²) >= 11 is 0. The van der Waals surface area contributed by atoms with Crippen LogP contribution in [0.15, 0.2) is 0 Å². The first-order valence-electron chi connectivity index (χ1n) is 5.09. The standard InChI is InChI=1S/C10H21NO2/c1-11(2)8-10(12)7-9-3-5-13-6-4-9/h9-10,12H,3-8H2,1-2H3. The van der Waals surface area contributed by atoms with Crippen molar-refractivity contribution in [2.24, 2.45) is 5.92 Å². The van der Waals surface area contributed by atoms with Gasteiger partial charge in [0.15, 0.2) is 0 Å². The molecule has 1 N–H and O–H groups in total. The minimum Gasteiger partial charge on any atom is -0.392 e. The fraction of sp³-hybridized carbons (Fsp3) is 1.00. The Kier molecular flexibility index (Phi) is 4.70. The van der Waals surface area contributed by atoms with Crippen LogP contribution in [0.3, 0.4) is 0 Å². The molecular weight excluding hydrogens is 166 g/mol. The van der Waals surface area contributed by atoms with Gasteiger partial charge in [-0.15, -0.1) is 0 Å². The highest BCUT2D eigenvalue weighted by atomic mass is 16.5. The van der Waals surface area contributed by atoms with Gasteiger partial charge in [0.25, 0.3) is 0 Å². The van der Waals surface area contributed by atoms with Gasteiger partial charge in [0, 0.05) is 19.8 Å². The Bertz CT molecular complexity index is 133. The minimum absolute atomic E-state index is 0.168. The van der Waals surface area contributed by atoms with Crippen LogP contribution in [-0.2, 0) is 4.74 Å². The quantitative estimate of drug-likeness (QED) is 0.704. The van der Waals surface area contributed by atoms with E-state index in [1.807, 2.05) is 19.0 Å². The molecule has 3 heteroatoms. The second kappa shape index (κ2) is 5.58. The zero-order chi connectivity index (χ0) is 9.68. The van der Waals surface area contributed by atoms with Gasteiger partial charge in [-0.2, -0.15) is 0 Å². The first-order chi connectivity index (χ1) is 6.18. The normalized spacial score (nSPS) is 22.2. The van der Waals surface area contributed by atoms with E-state index >= 15 is 0 Å². The van der Waals surface area contributed by atoms with E-state index in [0.29, 0.717) is 5.92 Å². The Morgan fingerprint density at radius 2 is 2.00 bits per heavy atom. The van der Waals surface area contributed by atoms with Gasteiger partial charge in [-0.3, -0.25) is 0 Å². The van der Waals surface area contributed by atoms with E-state index in [9.17, 15) is 5.11 Å². The van der Waals surface area contributed by atoms with Crippen molar-refractivity contribution < 1.29 is 9.84 Å². The van der Waals surface area contributed by atoms with Crippen LogP contribution in [-0.4, -0.2) is 50.0 Å². The highest BCUT2D eigenvalue weighted by Crippen LogP contribution is 2.20. The fourth-order valence-corrected chi connectivity index (χ4v) is 1.86. The van der Waals surface area contributed by atoms with Crippen molar-refractivity contribution in [3.63, 3.8) is 0 Å². The number of rotatable bonds is 4. The smallest absolute Gasteiger partial charge is 0.0669 e. The highest BCUT2D eigenvalue weighted by Gasteiger charge is 2.17. The van der Waals surface area contributed by atoms with Crippen molar-refractivity contribution >= 4 is 0 Å². The molecule has 1 heterocycles. The van der Waals surface area contributed by atoms with Crippen LogP contribution < -0.4 is 0 Å². The van der Waals surface area contributed by atoms with Crippen molar-refractivity contribution in [1.82, 2.24) is 4.90 Å². The Morgan fingerprint density at radius 3 is 2.54 bits per heavy atom. The number of aliphatic hydroxyl groups excluding tert-OH is 1. The number of likely N-dealkylation sites (N-methyl/N-ethyl adjacent to an activating group) is 1. The summed E-state index contributed by atoms with van der Waals surface area (Å²) in [5.41, 5.74) is 0. The molecule has 3 nitrogen and oxygen atoms in total. The molecule has 0 bridgehead atoms. The number of hydrogen-bond acceptors (Lipinski definition) is 3. The number of ether oxygens (including phenoxy) is 1. The van der Waals surface area contributed by atoms with Crippen molar-refractivity contribution in [3.05, 3.63) is 0 Å². The molecule has 0 aromatic carbocycles. The third-order valence-corrected chi connectivity index (χ3v) is 2.52. The van der Waals surface area contributed by atoms with E-state index in [1.54, 1.807) is 0 Å². The Labute approximate surface area is 80.7 Å². The summed E-state index contributed by atoms with van der Waals surface area (Å²) in [5, 5.41) is 9.69. The first kappa shape index (κ1) is 11.0. The van der Waals surface area contributed by atoms with Gasteiger partial charge >= 0.3 is 0 Å². The summed E-state index contributed by atoms with van der Waals surface area (Å²) < 4.78 is 5.27. The van der Waals surface area contributed by atoms with E-state index in [2.05, 4.69) is 0 Å². The molecule has 1 unspecified atom stereocenters. The van der Waals surface area contributed by atoms with E-state index in [4.69, 9.17) is 4.74 Å². The molecule has 1 fully saturated rings. The summed E-state index contributed by atoms with van der Waals surface area (Å²) in [5.74, 6) is 0.670. The van der Waals surface area contributed by atoms with E-state index in [-0.39, 0.29) is 6.10 Å². The number of nitrogens with zero attached hydrogens (tertiary/aromatic N) is 1. The van der Waals surface area contributed by atoms with Crippen LogP contribution in [0.4, 0.5) is 0 Å². The Balaban J connectivity index is 2.14. The third kappa shape index (κ3) is 4.60. The van der Waals surface area contributed by atoms with Crippen molar-refractivity contribution in [3.8, 4) is 0 Å². The van der Waals surface area contributed by atoms with Gasteiger partial charge in [0.1, 0.15) is 0 Å². The van der Waals surface area contributed by atoms with Gasteiger partial charge in [0.05, 0.1) is 6.10 Å². The molecule has 13 heavy (non-hydrogen) atoms. The van der Waals surface area contributed by atoms with Crippen LogP contribution in [0.1, 0.15) is 19.3 Å². The maximum atomic E-state index is 9.69. The lowest BCUT2D eigenvalue weighted by Gasteiger charge is -2.25. The molecule has 78 valence electrons. The van der Waals surface area contributed by atoms with Gasteiger partial charge < -0.3 is 14.7 Å². The van der Waals surface area contributed by atoms with Gasteiger partial charge in [-0.25, -0.2) is 0 Å². The van der Waals surface area contributed by atoms with Crippen molar-refractivity contribution in [2.45, 2.75) is 25.4 Å². The van der Waals surface area contributed by atoms with Gasteiger partial charge in [0.2, 0.25) is 0 Å². The van der Waals surface area contributed by atoms with Gasteiger partial charge in [-0.05, 0) is 39.3 Å². The lowest BCUT2D eigenvalue weighted by molar-refractivity contribution is 0.0382. The Morgan fingerprint density at radius 1 is 1.38 bits per heavy atom. The fourth-order valence-electron chi connectivity index (χ4n) is 1.86. The number of aliphatic hydroxyl groups is 1. The molecular formula is C10H21NO2. The first-order valence-corrected chi connectivity index (χ1v) is 5.09. The second-order valence-corrected chi connectivity index (χ2v) is 4.21. The van der Waals surface area contributed by atoms with Crippen molar-refractivity contribution in [2.75, 3.05) is 33.9 Å². The van der Waals surface area contributed by atoms with E-state index < -0.39 is 0 Å². The number of hydrogen-bond donors (Lipinski definition) is 1. The van der Waals surface area contributed by atoms with Crippen molar-refractivity contribution in [1.29, 1.82) is 0 Å². The molecule has 0 aromatic rings. The lowest BCUT2D eigenvalue weighted by atomic mass is 9.93. The summed E-state index contributed by atoms with van der Waals surface area (Å²) in [6.45, 7) is 2.52. The highest BCUT2D eigenvalue weighted by molar-refractivity contribution is 4.69. The molecule has 1 aliphatic heterocycles. The average molecular weight is 187 g/mol. The summed E-state index contributed by atoms with van der Waals surface area (Å²) in [7, 11) is 3.99. The molecule has 1 saturated heterocycles. The lowest BCUT2D eigenvalue weighted by Crippen LogP contribution is -2.29. The zero-order valence-electron chi connectivity index (χ0n) is 8.70.